The molecule has 2 aliphatic rings. The molecular weight excluding hydrogens is 402 g/mol. The fraction of sp³-hybridized carbons (Fsp3) is 0.542. The van der Waals surface area contributed by atoms with Crippen molar-refractivity contribution in [2.24, 2.45) is 5.92 Å². The van der Waals surface area contributed by atoms with Crippen LogP contribution >= 0.6 is 0 Å². The average Bonchev–Trinajstić information content (AvgIpc) is 3.25. The summed E-state index contributed by atoms with van der Waals surface area (Å²) in [4.78, 5) is 23.6. The molecule has 3 aromatic heterocycles. The number of piperidine rings is 2. The van der Waals surface area contributed by atoms with Crippen molar-refractivity contribution in [1.82, 2.24) is 25.1 Å². The van der Waals surface area contributed by atoms with Crippen molar-refractivity contribution in [3.63, 3.8) is 0 Å². The Kier molecular flexibility index (Phi) is 5.76. The van der Waals surface area contributed by atoms with Gasteiger partial charge in [0.1, 0.15) is 0 Å². The lowest BCUT2D eigenvalue weighted by molar-refractivity contribution is 0.423. The maximum Gasteiger partial charge on any atom is 0.225 e. The second kappa shape index (κ2) is 8.84. The Labute approximate surface area is 189 Å². The van der Waals surface area contributed by atoms with E-state index in [0.717, 1.165) is 79.3 Å². The monoisotopic (exact) mass is 433 g/mol. The smallest absolute Gasteiger partial charge is 0.225 e. The van der Waals surface area contributed by atoms with Crippen LogP contribution in [0.25, 0.3) is 11.3 Å². The molecule has 2 fully saturated rings. The number of hydrogen-bond donors (Lipinski definition) is 0. The summed E-state index contributed by atoms with van der Waals surface area (Å²) in [6, 6.07) is 3.91. The molecule has 5 heterocycles. The molecule has 0 radical (unpaired) electrons. The maximum atomic E-state index is 5.61. The number of aryl methyl sites for hydroxylation is 2. The van der Waals surface area contributed by atoms with Crippen LogP contribution in [0.2, 0.25) is 0 Å². The molecule has 0 spiro atoms. The van der Waals surface area contributed by atoms with Crippen molar-refractivity contribution in [1.29, 1.82) is 0 Å². The van der Waals surface area contributed by atoms with Gasteiger partial charge in [0.05, 0.1) is 17.0 Å². The van der Waals surface area contributed by atoms with Crippen LogP contribution in [-0.4, -0.2) is 51.3 Å². The van der Waals surface area contributed by atoms with Gasteiger partial charge in [0.15, 0.2) is 5.76 Å². The van der Waals surface area contributed by atoms with Crippen molar-refractivity contribution in [3.05, 3.63) is 41.6 Å². The van der Waals surface area contributed by atoms with Gasteiger partial charge in [-0.25, -0.2) is 19.9 Å². The van der Waals surface area contributed by atoms with E-state index in [1.165, 1.54) is 12.8 Å². The normalized spacial score (nSPS) is 20.0. The van der Waals surface area contributed by atoms with Crippen LogP contribution in [-0.2, 0) is 0 Å². The first-order chi connectivity index (χ1) is 15.6. The fourth-order valence-electron chi connectivity index (χ4n) is 4.84. The highest BCUT2D eigenvalue weighted by molar-refractivity contribution is 5.61. The van der Waals surface area contributed by atoms with E-state index in [0.29, 0.717) is 11.8 Å². The average molecular weight is 434 g/mol. The standard InChI is InChI=1S/C24H31N7O/c1-16-5-4-10-31(15-16)24-26-14-20(21-13-18(3)29-32-21)22(28-24)19-7-11-30(12-8-19)23-25-9-6-17(2)27-23/h6,9,13-14,16,19H,4-5,7-8,10-12,15H2,1-3H3/t16-/m0/s1. The topological polar surface area (TPSA) is 84.1 Å². The zero-order chi connectivity index (χ0) is 22.1. The molecule has 0 aliphatic carbocycles. The molecule has 32 heavy (non-hydrogen) atoms. The summed E-state index contributed by atoms with van der Waals surface area (Å²) in [5, 5.41) is 4.10. The molecular formula is C24H31N7O. The van der Waals surface area contributed by atoms with Crippen molar-refractivity contribution in [3.8, 4) is 11.3 Å². The van der Waals surface area contributed by atoms with Gasteiger partial charge in [0.25, 0.3) is 0 Å². The van der Waals surface area contributed by atoms with Gasteiger partial charge in [-0.1, -0.05) is 12.1 Å². The van der Waals surface area contributed by atoms with Crippen molar-refractivity contribution in [2.45, 2.75) is 52.4 Å². The zero-order valence-electron chi connectivity index (χ0n) is 19.2. The van der Waals surface area contributed by atoms with Gasteiger partial charge in [-0.15, -0.1) is 0 Å². The molecule has 0 bridgehead atoms. The van der Waals surface area contributed by atoms with E-state index < -0.39 is 0 Å². The van der Waals surface area contributed by atoms with E-state index in [-0.39, 0.29) is 0 Å². The Morgan fingerprint density at radius 1 is 0.938 bits per heavy atom. The molecule has 5 rings (SSSR count). The minimum atomic E-state index is 0.334. The third-order valence-electron chi connectivity index (χ3n) is 6.59. The Morgan fingerprint density at radius 2 is 1.75 bits per heavy atom. The number of anilines is 2. The van der Waals surface area contributed by atoms with Crippen LogP contribution in [0.1, 0.15) is 55.6 Å². The number of nitrogens with zero attached hydrogens (tertiary/aromatic N) is 7. The van der Waals surface area contributed by atoms with Crippen LogP contribution < -0.4 is 9.80 Å². The Morgan fingerprint density at radius 3 is 2.47 bits per heavy atom. The van der Waals surface area contributed by atoms with Gasteiger partial charge in [-0.05, 0) is 51.5 Å². The van der Waals surface area contributed by atoms with E-state index in [2.05, 4.69) is 31.8 Å². The minimum absolute atomic E-state index is 0.334. The van der Waals surface area contributed by atoms with E-state index >= 15 is 0 Å². The first-order valence-electron chi connectivity index (χ1n) is 11.7. The third kappa shape index (κ3) is 4.31. The first kappa shape index (κ1) is 20.8. The molecule has 8 heteroatoms. The van der Waals surface area contributed by atoms with Crippen LogP contribution in [0.5, 0.6) is 0 Å². The van der Waals surface area contributed by atoms with E-state index in [4.69, 9.17) is 14.5 Å². The second-order valence-electron chi connectivity index (χ2n) is 9.25. The Balaban J connectivity index is 1.42. The van der Waals surface area contributed by atoms with Gasteiger partial charge in [-0.2, -0.15) is 0 Å². The Hall–Kier alpha value is -3.03. The molecule has 2 saturated heterocycles. The summed E-state index contributed by atoms with van der Waals surface area (Å²) >= 11 is 0. The fourth-order valence-corrected chi connectivity index (χ4v) is 4.84. The predicted molar refractivity (Wildman–Crippen MR) is 124 cm³/mol. The maximum absolute atomic E-state index is 5.61. The molecule has 0 unspecified atom stereocenters. The molecule has 0 amide bonds. The summed E-state index contributed by atoms with van der Waals surface area (Å²) in [5.74, 6) is 3.42. The molecule has 3 aromatic rings. The lowest BCUT2D eigenvalue weighted by Crippen LogP contribution is -2.36. The molecule has 168 valence electrons. The van der Waals surface area contributed by atoms with Crippen molar-refractivity contribution >= 4 is 11.9 Å². The zero-order valence-corrected chi connectivity index (χ0v) is 19.2. The van der Waals surface area contributed by atoms with E-state index in [1.54, 1.807) is 0 Å². The highest BCUT2D eigenvalue weighted by Crippen LogP contribution is 2.36. The summed E-state index contributed by atoms with van der Waals surface area (Å²) in [6.45, 7) is 10.1. The minimum Gasteiger partial charge on any atom is -0.356 e. The molecule has 2 aliphatic heterocycles. The van der Waals surface area contributed by atoms with Crippen LogP contribution in [0, 0.1) is 19.8 Å². The van der Waals surface area contributed by atoms with Crippen molar-refractivity contribution in [2.75, 3.05) is 36.0 Å². The summed E-state index contributed by atoms with van der Waals surface area (Å²) in [5.41, 5.74) is 3.90. The summed E-state index contributed by atoms with van der Waals surface area (Å²) in [6.07, 6.45) is 8.22. The van der Waals surface area contributed by atoms with Gasteiger partial charge in [0.2, 0.25) is 11.9 Å². The SMILES string of the molecule is Cc1cc(-c2cnc(N3CCC[C@H](C)C3)nc2C2CCN(c3nccc(C)n3)CC2)on1. The van der Waals surface area contributed by atoms with Gasteiger partial charge in [0, 0.05) is 56.3 Å². The van der Waals surface area contributed by atoms with Gasteiger partial charge >= 0.3 is 0 Å². The molecule has 0 aromatic carbocycles. The highest BCUT2D eigenvalue weighted by Gasteiger charge is 2.28. The lowest BCUT2D eigenvalue weighted by atomic mass is 9.90. The lowest BCUT2D eigenvalue weighted by Gasteiger charge is -2.34. The molecule has 0 saturated carbocycles. The summed E-state index contributed by atoms with van der Waals surface area (Å²) < 4.78 is 5.61. The number of aromatic nitrogens is 5. The Bertz CT molecular complexity index is 1070. The van der Waals surface area contributed by atoms with E-state index in [1.807, 2.05) is 38.4 Å². The molecule has 8 nitrogen and oxygen atoms in total. The largest absolute Gasteiger partial charge is 0.356 e. The number of rotatable bonds is 4. The highest BCUT2D eigenvalue weighted by atomic mass is 16.5. The number of hydrogen-bond acceptors (Lipinski definition) is 8. The predicted octanol–water partition coefficient (Wildman–Crippen LogP) is 4.16. The quantitative estimate of drug-likeness (QED) is 0.606. The molecule has 1 atom stereocenters. The van der Waals surface area contributed by atoms with Crippen LogP contribution in [0.3, 0.4) is 0 Å². The van der Waals surface area contributed by atoms with E-state index in [9.17, 15) is 0 Å². The third-order valence-corrected chi connectivity index (χ3v) is 6.59. The van der Waals surface area contributed by atoms with Gasteiger partial charge in [-0.3, -0.25) is 0 Å². The second-order valence-corrected chi connectivity index (χ2v) is 9.25. The van der Waals surface area contributed by atoms with Gasteiger partial charge < -0.3 is 14.3 Å². The molecule has 0 N–H and O–H groups in total. The summed E-state index contributed by atoms with van der Waals surface area (Å²) in [7, 11) is 0. The van der Waals surface area contributed by atoms with Crippen LogP contribution in [0.15, 0.2) is 29.0 Å². The van der Waals surface area contributed by atoms with Crippen LogP contribution in [0.4, 0.5) is 11.9 Å². The first-order valence-corrected chi connectivity index (χ1v) is 11.7. The van der Waals surface area contributed by atoms with Crippen molar-refractivity contribution < 1.29 is 4.52 Å².